The maximum atomic E-state index is 12.9. The molecule has 5 rings (SSSR count). The Kier molecular flexibility index (Phi) is 5.47. The number of fused-ring (bicyclic) bond motifs is 2. The molecule has 0 radical (unpaired) electrons. The number of benzene rings is 2. The number of para-hydroxylation sites is 1. The average molecular weight is 491 g/mol. The molecular formula is C24H17N3O7S. The number of nitrogens with zero attached hydrogens (tertiary/aromatic N) is 1. The molecule has 11 heteroatoms. The van der Waals surface area contributed by atoms with Crippen molar-refractivity contribution < 1.29 is 32.0 Å². The summed E-state index contributed by atoms with van der Waals surface area (Å²) in [5.74, 6) is 3.03. The SMILES string of the molecule is O=C1CCC(N2C(=O)c3ccc(C#CCNS(=O)(=O)c4cc5ccccc5o4)cc3C2=O)C(=O)N1. The highest BCUT2D eigenvalue weighted by Gasteiger charge is 2.44. The van der Waals surface area contributed by atoms with Crippen molar-refractivity contribution in [2.24, 2.45) is 0 Å². The second kappa shape index (κ2) is 8.50. The molecule has 0 saturated carbocycles. The summed E-state index contributed by atoms with van der Waals surface area (Å²) in [5.41, 5.74) is 1.06. The van der Waals surface area contributed by atoms with E-state index in [0.29, 0.717) is 16.5 Å². The van der Waals surface area contributed by atoms with Crippen molar-refractivity contribution in [2.75, 3.05) is 6.54 Å². The monoisotopic (exact) mass is 491 g/mol. The highest BCUT2D eigenvalue weighted by Crippen LogP contribution is 2.28. The molecule has 1 unspecified atom stereocenters. The zero-order chi connectivity index (χ0) is 24.7. The summed E-state index contributed by atoms with van der Waals surface area (Å²) in [4.78, 5) is 50.0. The molecule has 4 amide bonds. The second-order valence-corrected chi connectivity index (χ2v) is 9.64. The normalized spacial score (nSPS) is 17.8. The van der Waals surface area contributed by atoms with Crippen LogP contribution >= 0.6 is 0 Å². The van der Waals surface area contributed by atoms with Gasteiger partial charge in [-0.05, 0) is 30.7 Å². The van der Waals surface area contributed by atoms with E-state index in [1.165, 1.54) is 24.3 Å². The number of rotatable bonds is 4. The van der Waals surface area contributed by atoms with E-state index in [1.54, 1.807) is 24.3 Å². The van der Waals surface area contributed by atoms with Crippen LogP contribution in [-0.2, 0) is 19.6 Å². The highest BCUT2D eigenvalue weighted by atomic mass is 32.2. The number of amides is 4. The molecular weight excluding hydrogens is 474 g/mol. The van der Waals surface area contributed by atoms with Gasteiger partial charge in [0.2, 0.25) is 16.9 Å². The number of hydrogen-bond acceptors (Lipinski definition) is 7. The number of carbonyl (C=O) groups is 4. The lowest BCUT2D eigenvalue weighted by molar-refractivity contribution is -0.136. The molecule has 10 nitrogen and oxygen atoms in total. The summed E-state index contributed by atoms with van der Waals surface area (Å²) in [7, 11) is -3.92. The lowest BCUT2D eigenvalue weighted by atomic mass is 10.0. The van der Waals surface area contributed by atoms with Gasteiger partial charge in [-0.1, -0.05) is 30.0 Å². The molecule has 0 bridgehead atoms. The minimum absolute atomic E-state index is 0.0322. The minimum atomic E-state index is -3.92. The maximum absolute atomic E-state index is 12.9. The van der Waals surface area contributed by atoms with Crippen LogP contribution in [0.1, 0.15) is 39.1 Å². The number of carbonyl (C=O) groups excluding carboxylic acids is 4. The Morgan fingerprint density at radius 2 is 1.80 bits per heavy atom. The van der Waals surface area contributed by atoms with Crippen LogP contribution in [0.5, 0.6) is 0 Å². The van der Waals surface area contributed by atoms with Gasteiger partial charge in [-0.25, -0.2) is 8.42 Å². The van der Waals surface area contributed by atoms with Gasteiger partial charge in [-0.3, -0.25) is 29.4 Å². The first-order valence-electron chi connectivity index (χ1n) is 10.6. The molecule has 2 aliphatic heterocycles. The predicted molar refractivity (Wildman–Crippen MR) is 121 cm³/mol. The number of furan rings is 1. The third-order valence-corrected chi connectivity index (χ3v) is 6.95. The molecule has 2 aliphatic rings. The van der Waals surface area contributed by atoms with E-state index < -0.39 is 39.7 Å². The van der Waals surface area contributed by atoms with Gasteiger partial charge in [-0.2, -0.15) is 4.72 Å². The number of piperidine rings is 1. The van der Waals surface area contributed by atoms with Crippen molar-refractivity contribution in [3.8, 4) is 11.8 Å². The van der Waals surface area contributed by atoms with Crippen molar-refractivity contribution in [3.63, 3.8) is 0 Å². The van der Waals surface area contributed by atoms with Crippen LogP contribution in [0.3, 0.4) is 0 Å². The van der Waals surface area contributed by atoms with Gasteiger partial charge in [0, 0.05) is 23.4 Å². The zero-order valence-corrected chi connectivity index (χ0v) is 18.8. The van der Waals surface area contributed by atoms with Crippen molar-refractivity contribution in [1.29, 1.82) is 0 Å². The number of hydrogen-bond donors (Lipinski definition) is 2. The lowest BCUT2D eigenvalue weighted by Gasteiger charge is -2.27. The Balaban J connectivity index is 1.29. The Morgan fingerprint density at radius 1 is 1.03 bits per heavy atom. The van der Waals surface area contributed by atoms with Crippen LogP contribution in [-0.4, -0.2) is 49.5 Å². The number of nitrogens with one attached hydrogen (secondary N) is 2. The topological polar surface area (TPSA) is 143 Å². The number of imide groups is 2. The van der Waals surface area contributed by atoms with E-state index in [1.807, 2.05) is 0 Å². The van der Waals surface area contributed by atoms with Gasteiger partial charge in [-0.15, -0.1) is 0 Å². The fourth-order valence-corrected chi connectivity index (χ4v) is 4.87. The van der Waals surface area contributed by atoms with E-state index in [2.05, 4.69) is 21.9 Å². The molecule has 2 aromatic carbocycles. The average Bonchev–Trinajstić information content (AvgIpc) is 3.37. The van der Waals surface area contributed by atoms with Crippen molar-refractivity contribution in [3.05, 3.63) is 65.2 Å². The Morgan fingerprint density at radius 3 is 2.57 bits per heavy atom. The van der Waals surface area contributed by atoms with Crippen LogP contribution in [0.25, 0.3) is 11.0 Å². The first-order valence-corrected chi connectivity index (χ1v) is 12.1. The van der Waals surface area contributed by atoms with E-state index in [0.717, 1.165) is 4.90 Å². The molecule has 1 fully saturated rings. The summed E-state index contributed by atoms with van der Waals surface area (Å²) >= 11 is 0. The van der Waals surface area contributed by atoms with Gasteiger partial charge in [0.05, 0.1) is 17.7 Å². The van der Waals surface area contributed by atoms with E-state index in [9.17, 15) is 27.6 Å². The standard InChI is InChI=1S/C24H17N3O7S/c28-20-10-9-18(22(29)26-20)27-23(30)16-8-7-14(12-17(16)24(27)31)4-3-11-25-35(32,33)21-13-15-5-1-2-6-19(15)34-21/h1-2,5-8,12-13,18,25H,9-11H2,(H,26,28,29). The summed E-state index contributed by atoms with van der Waals surface area (Å²) < 4.78 is 32.6. The van der Waals surface area contributed by atoms with Crippen molar-refractivity contribution >= 4 is 44.6 Å². The molecule has 0 aliphatic carbocycles. The van der Waals surface area contributed by atoms with E-state index in [4.69, 9.17) is 4.42 Å². The third-order valence-electron chi connectivity index (χ3n) is 5.69. The van der Waals surface area contributed by atoms with Gasteiger partial charge >= 0.3 is 0 Å². The fourth-order valence-electron chi connectivity index (χ4n) is 3.99. The van der Waals surface area contributed by atoms with Crippen molar-refractivity contribution in [1.82, 2.24) is 14.9 Å². The van der Waals surface area contributed by atoms with Gasteiger partial charge in [0.15, 0.2) is 0 Å². The van der Waals surface area contributed by atoms with Gasteiger partial charge in [0.1, 0.15) is 11.6 Å². The Hall–Kier alpha value is -4.27. The smallest absolute Gasteiger partial charge is 0.274 e. The Labute approximate surface area is 199 Å². The van der Waals surface area contributed by atoms with Crippen LogP contribution in [0.2, 0.25) is 0 Å². The quantitative estimate of drug-likeness (QED) is 0.412. The molecule has 3 heterocycles. The van der Waals surface area contributed by atoms with Gasteiger partial charge < -0.3 is 4.42 Å². The predicted octanol–water partition coefficient (Wildman–Crippen LogP) is 1.16. The Bertz CT molecular complexity index is 1560. The molecule has 1 aromatic heterocycles. The fraction of sp³-hybridized carbons (Fsp3) is 0.167. The first kappa shape index (κ1) is 22.5. The van der Waals surface area contributed by atoms with Crippen molar-refractivity contribution in [2.45, 2.75) is 24.0 Å². The largest absolute Gasteiger partial charge is 0.443 e. The van der Waals surface area contributed by atoms with E-state index >= 15 is 0 Å². The number of sulfonamides is 1. The summed E-state index contributed by atoms with van der Waals surface area (Å²) in [6.45, 7) is -0.217. The van der Waals surface area contributed by atoms with Crippen LogP contribution in [0.15, 0.2) is 58.0 Å². The molecule has 176 valence electrons. The van der Waals surface area contributed by atoms with E-state index in [-0.39, 0.29) is 35.6 Å². The molecule has 35 heavy (non-hydrogen) atoms. The summed E-state index contributed by atoms with van der Waals surface area (Å²) in [6, 6.07) is 11.6. The van der Waals surface area contributed by atoms with Gasteiger partial charge in [0.25, 0.3) is 21.8 Å². The van der Waals surface area contributed by atoms with Crippen LogP contribution in [0, 0.1) is 11.8 Å². The molecule has 3 aromatic rings. The second-order valence-electron chi connectivity index (χ2n) is 7.94. The molecule has 1 saturated heterocycles. The summed E-state index contributed by atoms with van der Waals surface area (Å²) in [6.07, 6.45) is 0.0959. The zero-order valence-electron chi connectivity index (χ0n) is 18.0. The summed E-state index contributed by atoms with van der Waals surface area (Å²) in [5, 5.41) is 2.57. The first-order chi connectivity index (χ1) is 16.7. The van der Waals surface area contributed by atoms with Crippen LogP contribution < -0.4 is 10.0 Å². The highest BCUT2D eigenvalue weighted by molar-refractivity contribution is 7.89. The third kappa shape index (κ3) is 4.09. The molecule has 0 spiro atoms. The molecule has 2 N–H and O–H groups in total. The molecule has 1 atom stereocenters. The maximum Gasteiger partial charge on any atom is 0.274 e. The minimum Gasteiger partial charge on any atom is -0.443 e. The lowest BCUT2D eigenvalue weighted by Crippen LogP contribution is -2.54. The van der Waals surface area contributed by atoms with Crippen LogP contribution in [0.4, 0.5) is 0 Å².